The molecule has 6 heteroatoms. The number of nitrogens with two attached hydrogens (primary N) is 1. The third-order valence-corrected chi connectivity index (χ3v) is 3.28. The van der Waals surface area contributed by atoms with Crippen LogP contribution in [0.4, 0.5) is 11.5 Å². The lowest BCUT2D eigenvalue weighted by Gasteiger charge is -2.23. The maximum atomic E-state index is 5.95. The fraction of sp³-hybridized carbons (Fsp3) is 0.333. The molecular formula is C12H13ClN4O. The minimum absolute atomic E-state index is 0.296. The van der Waals surface area contributed by atoms with E-state index in [9.17, 15) is 0 Å². The SMILES string of the molecule is Nc1c(Cl)ncnc1N(Cc1ccco1)C1CC1. The molecule has 2 aromatic rings. The summed E-state index contributed by atoms with van der Waals surface area (Å²) in [6.45, 7) is 0.648. The Morgan fingerprint density at radius 2 is 2.28 bits per heavy atom. The van der Waals surface area contributed by atoms with E-state index >= 15 is 0 Å². The van der Waals surface area contributed by atoms with Gasteiger partial charge in [0, 0.05) is 6.04 Å². The number of anilines is 2. The number of furan rings is 1. The topological polar surface area (TPSA) is 68.2 Å². The minimum atomic E-state index is 0.296. The average molecular weight is 265 g/mol. The number of nitrogen functional groups attached to an aromatic ring is 1. The van der Waals surface area contributed by atoms with E-state index in [2.05, 4.69) is 14.9 Å². The van der Waals surface area contributed by atoms with Crippen molar-refractivity contribution in [2.75, 3.05) is 10.6 Å². The first kappa shape index (κ1) is 11.3. The van der Waals surface area contributed by atoms with E-state index < -0.39 is 0 Å². The highest BCUT2D eigenvalue weighted by Crippen LogP contribution is 2.36. The highest BCUT2D eigenvalue weighted by molar-refractivity contribution is 6.32. The van der Waals surface area contributed by atoms with Crippen molar-refractivity contribution in [1.82, 2.24) is 9.97 Å². The van der Waals surface area contributed by atoms with Crippen LogP contribution in [0.2, 0.25) is 5.15 Å². The van der Waals surface area contributed by atoms with E-state index in [0.29, 0.717) is 29.2 Å². The summed E-state index contributed by atoms with van der Waals surface area (Å²) in [6, 6.07) is 4.27. The van der Waals surface area contributed by atoms with Crippen LogP contribution in [-0.2, 0) is 6.54 Å². The molecule has 2 N–H and O–H groups in total. The molecule has 0 spiro atoms. The zero-order valence-corrected chi connectivity index (χ0v) is 10.5. The van der Waals surface area contributed by atoms with Crippen molar-refractivity contribution in [3.8, 4) is 0 Å². The van der Waals surface area contributed by atoms with Crippen LogP contribution < -0.4 is 10.6 Å². The van der Waals surface area contributed by atoms with E-state index in [1.54, 1.807) is 6.26 Å². The summed E-state index contributed by atoms with van der Waals surface area (Å²) in [5, 5.41) is 0.296. The van der Waals surface area contributed by atoms with Gasteiger partial charge in [-0.05, 0) is 25.0 Å². The lowest BCUT2D eigenvalue weighted by atomic mass is 10.3. The Hall–Kier alpha value is -1.75. The summed E-state index contributed by atoms with van der Waals surface area (Å²) < 4.78 is 5.37. The highest BCUT2D eigenvalue weighted by atomic mass is 35.5. The van der Waals surface area contributed by atoms with E-state index in [1.165, 1.54) is 6.33 Å². The smallest absolute Gasteiger partial charge is 0.157 e. The van der Waals surface area contributed by atoms with Crippen molar-refractivity contribution in [2.45, 2.75) is 25.4 Å². The first-order valence-corrected chi connectivity index (χ1v) is 6.18. The zero-order valence-electron chi connectivity index (χ0n) is 9.71. The van der Waals surface area contributed by atoms with Gasteiger partial charge in [-0.2, -0.15) is 0 Å². The Morgan fingerprint density at radius 1 is 1.44 bits per heavy atom. The van der Waals surface area contributed by atoms with Gasteiger partial charge in [-0.25, -0.2) is 9.97 Å². The molecule has 3 rings (SSSR count). The van der Waals surface area contributed by atoms with Gasteiger partial charge in [0.1, 0.15) is 17.8 Å². The van der Waals surface area contributed by atoms with Crippen molar-refractivity contribution in [3.63, 3.8) is 0 Å². The lowest BCUT2D eigenvalue weighted by molar-refractivity contribution is 0.500. The summed E-state index contributed by atoms with van der Waals surface area (Å²) in [7, 11) is 0. The lowest BCUT2D eigenvalue weighted by Crippen LogP contribution is -2.27. The van der Waals surface area contributed by atoms with Crippen LogP contribution in [0.3, 0.4) is 0 Å². The molecule has 2 heterocycles. The van der Waals surface area contributed by atoms with Crippen LogP contribution in [0, 0.1) is 0 Å². The van der Waals surface area contributed by atoms with Crippen molar-refractivity contribution < 1.29 is 4.42 Å². The summed E-state index contributed by atoms with van der Waals surface area (Å²) >= 11 is 5.94. The average Bonchev–Trinajstić information content (AvgIpc) is 3.08. The molecule has 0 saturated heterocycles. The van der Waals surface area contributed by atoms with Crippen molar-refractivity contribution in [3.05, 3.63) is 35.6 Å². The van der Waals surface area contributed by atoms with Crippen LogP contribution in [0.25, 0.3) is 0 Å². The molecule has 0 amide bonds. The Balaban J connectivity index is 1.91. The third-order valence-electron chi connectivity index (χ3n) is 2.98. The molecule has 18 heavy (non-hydrogen) atoms. The number of halogens is 1. The largest absolute Gasteiger partial charge is 0.467 e. The van der Waals surface area contributed by atoms with Gasteiger partial charge >= 0.3 is 0 Å². The predicted molar refractivity (Wildman–Crippen MR) is 69.4 cm³/mol. The second-order valence-corrected chi connectivity index (χ2v) is 4.70. The quantitative estimate of drug-likeness (QED) is 0.859. The molecule has 1 saturated carbocycles. The zero-order chi connectivity index (χ0) is 12.5. The number of nitrogens with zero attached hydrogens (tertiary/aromatic N) is 3. The third kappa shape index (κ3) is 2.13. The molecule has 0 aromatic carbocycles. The predicted octanol–water partition coefficient (Wildman–Crippen LogP) is 2.47. The summed E-state index contributed by atoms with van der Waals surface area (Å²) in [5.74, 6) is 1.57. The van der Waals surface area contributed by atoms with Gasteiger partial charge in [-0.15, -0.1) is 0 Å². The molecule has 5 nitrogen and oxygen atoms in total. The monoisotopic (exact) mass is 264 g/mol. The highest BCUT2D eigenvalue weighted by Gasteiger charge is 2.32. The standard InChI is InChI=1S/C12H13ClN4O/c13-11-10(14)12(16-7-15-11)17(8-3-4-8)6-9-2-1-5-18-9/h1-2,5,7-8H,3-4,6,14H2. The van der Waals surface area contributed by atoms with E-state index in [0.717, 1.165) is 18.6 Å². The molecule has 0 radical (unpaired) electrons. The van der Waals surface area contributed by atoms with E-state index in [1.807, 2.05) is 12.1 Å². The molecule has 94 valence electrons. The Morgan fingerprint density at radius 3 is 2.94 bits per heavy atom. The molecule has 1 fully saturated rings. The Kier molecular flexibility index (Phi) is 2.83. The Labute approximate surface area is 110 Å². The van der Waals surface area contributed by atoms with Crippen LogP contribution in [0.1, 0.15) is 18.6 Å². The minimum Gasteiger partial charge on any atom is -0.467 e. The maximum Gasteiger partial charge on any atom is 0.157 e. The Bertz CT molecular complexity index is 539. The molecule has 2 aromatic heterocycles. The molecule has 0 bridgehead atoms. The molecular weight excluding hydrogens is 252 g/mol. The van der Waals surface area contributed by atoms with Gasteiger partial charge in [0.05, 0.1) is 12.8 Å². The molecule has 1 aliphatic rings. The molecule has 0 unspecified atom stereocenters. The van der Waals surface area contributed by atoms with Crippen molar-refractivity contribution >= 4 is 23.1 Å². The number of hydrogen-bond acceptors (Lipinski definition) is 5. The van der Waals surface area contributed by atoms with E-state index in [-0.39, 0.29) is 0 Å². The van der Waals surface area contributed by atoms with Gasteiger partial charge in [-0.3, -0.25) is 0 Å². The van der Waals surface area contributed by atoms with E-state index in [4.69, 9.17) is 21.8 Å². The first-order chi connectivity index (χ1) is 8.75. The van der Waals surface area contributed by atoms with Crippen molar-refractivity contribution in [2.24, 2.45) is 0 Å². The second kappa shape index (κ2) is 4.49. The fourth-order valence-corrected chi connectivity index (χ4v) is 2.06. The van der Waals surface area contributed by atoms with Gasteiger partial charge < -0.3 is 15.1 Å². The van der Waals surface area contributed by atoms with Crippen LogP contribution in [0.15, 0.2) is 29.1 Å². The number of aromatic nitrogens is 2. The maximum absolute atomic E-state index is 5.95. The molecule has 0 atom stereocenters. The van der Waals surface area contributed by atoms with Gasteiger partial charge in [0.25, 0.3) is 0 Å². The number of rotatable bonds is 4. The molecule has 1 aliphatic carbocycles. The first-order valence-electron chi connectivity index (χ1n) is 5.80. The number of hydrogen-bond donors (Lipinski definition) is 1. The van der Waals surface area contributed by atoms with Gasteiger partial charge in [-0.1, -0.05) is 11.6 Å². The van der Waals surface area contributed by atoms with Crippen LogP contribution in [0.5, 0.6) is 0 Å². The normalized spacial score (nSPS) is 14.7. The van der Waals surface area contributed by atoms with Gasteiger partial charge in [0.15, 0.2) is 11.0 Å². The van der Waals surface area contributed by atoms with Crippen LogP contribution in [-0.4, -0.2) is 16.0 Å². The van der Waals surface area contributed by atoms with Crippen molar-refractivity contribution in [1.29, 1.82) is 0 Å². The second-order valence-electron chi connectivity index (χ2n) is 4.34. The van der Waals surface area contributed by atoms with Gasteiger partial charge in [0.2, 0.25) is 0 Å². The summed E-state index contributed by atoms with van der Waals surface area (Å²) in [4.78, 5) is 10.2. The van der Waals surface area contributed by atoms with Crippen LogP contribution >= 0.6 is 11.6 Å². The fourth-order valence-electron chi connectivity index (χ4n) is 1.93. The summed E-state index contributed by atoms with van der Waals surface area (Å²) in [6.07, 6.45) is 5.38. The summed E-state index contributed by atoms with van der Waals surface area (Å²) in [5.41, 5.74) is 6.38. The molecule has 0 aliphatic heterocycles.